The van der Waals surface area contributed by atoms with Gasteiger partial charge in [-0.05, 0) is 48.5 Å². The predicted octanol–water partition coefficient (Wildman–Crippen LogP) is 2.35. The van der Waals surface area contributed by atoms with Gasteiger partial charge in [-0.15, -0.1) is 5.10 Å². The van der Waals surface area contributed by atoms with Crippen molar-refractivity contribution in [3.8, 4) is 22.7 Å². The summed E-state index contributed by atoms with van der Waals surface area (Å²) in [5.74, 6) is 0.769. The molecular formula is C16H15N3O3S. The molecule has 3 aromatic rings. The Hall–Kier alpha value is -2.67. The lowest BCUT2D eigenvalue weighted by Crippen LogP contribution is -2.01. The van der Waals surface area contributed by atoms with Gasteiger partial charge in [-0.1, -0.05) is 5.21 Å². The normalized spacial score (nSPS) is 11.4. The van der Waals surface area contributed by atoms with E-state index in [0.29, 0.717) is 0 Å². The highest BCUT2D eigenvalue weighted by Crippen LogP contribution is 2.24. The SMILES string of the molecule is COc1ccc(-c2cnnn2-c2ccc(S(C)(=O)=O)cc2)cc1. The van der Waals surface area contributed by atoms with Gasteiger partial charge in [-0.3, -0.25) is 0 Å². The van der Waals surface area contributed by atoms with Crippen LogP contribution in [0.25, 0.3) is 16.9 Å². The van der Waals surface area contributed by atoms with E-state index >= 15 is 0 Å². The van der Waals surface area contributed by atoms with Crippen molar-refractivity contribution in [2.24, 2.45) is 0 Å². The highest BCUT2D eigenvalue weighted by atomic mass is 32.2. The van der Waals surface area contributed by atoms with Gasteiger partial charge < -0.3 is 4.74 Å². The molecule has 0 N–H and O–H groups in total. The quantitative estimate of drug-likeness (QED) is 0.734. The molecule has 0 unspecified atom stereocenters. The zero-order chi connectivity index (χ0) is 16.4. The number of rotatable bonds is 4. The minimum atomic E-state index is -3.22. The number of hydrogen-bond acceptors (Lipinski definition) is 5. The largest absolute Gasteiger partial charge is 0.497 e. The molecule has 1 aromatic heterocycles. The number of methoxy groups -OCH3 is 1. The average molecular weight is 329 g/mol. The molecule has 2 aromatic carbocycles. The maximum absolute atomic E-state index is 11.5. The molecule has 0 aliphatic carbocycles. The molecule has 0 aliphatic heterocycles. The van der Waals surface area contributed by atoms with E-state index in [4.69, 9.17) is 4.74 Å². The van der Waals surface area contributed by atoms with Crippen molar-refractivity contribution >= 4 is 9.84 Å². The molecule has 0 aliphatic rings. The van der Waals surface area contributed by atoms with Gasteiger partial charge >= 0.3 is 0 Å². The van der Waals surface area contributed by atoms with Gasteiger partial charge in [0.05, 0.1) is 29.6 Å². The molecule has 0 fully saturated rings. The smallest absolute Gasteiger partial charge is 0.175 e. The number of nitrogens with zero attached hydrogens (tertiary/aromatic N) is 3. The Balaban J connectivity index is 2.00. The van der Waals surface area contributed by atoms with Crippen LogP contribution in [0.5, 0.6) is 5.75 Å². The van der Waals surface area contributed by atoms with Crippen LogP contribution in [0.2, 0.25) is 0 Å². The van der Waals surface area contributed by atoms with Gasteiger partial charge in [0, 0.05) is 11.8 Å². The fraction of sp³-hybridized carbons (Fsp3) is 0.125. The summed E-state index contributed by atoms with van der Waals surface area (Å²) in [5.41, 5.74) is 2.48. The van der Waals surface area contributed by atoms with Crippen LogP contribution in [0.1, 0.15) is 0 Å². The van der Waals surface area contributed by atoms with Crippen molar-refractivity contribution in [3.05, 3.63) is 54.7 Å². The predicted molar refractivity (Wildman–Crippen MR) is 86.5 cm³/mol. The van der Waals surface area contributed by atoms with Crippen molar-refractivity contribution < 1.29 is 13.2 Å². The van der Waals surface area contributed by atoms with Crippen LogP contribution < -0.4 is 4.74 Å². The summed E-state index contributed by atoms with van der Waals surface area (Å²) >= 11 is 0. The topological polar surface area (TPSA) is 74.1 Å². The Labute approximate surface area is 134 Å². The molecule has 0 bridgehead atoms. The summed E-state index contributed by atoms with van der Waals surface area (Å²) in [6.45, 7) is 0. The van der Waals surface area contributed by atoms with E-state index in [9.17, 15) is 8.42 Å². The van der Waals surface area contributed by atoms with Crippen LogP contribution in [0.4, 0.5) is 0 Å². The Morgan fingerprint density at radius 3 is 2.22 bits per heavy atom. The average Bonchev–Trinajstić information content (AvgIpc) is 3.04. The third-order valence-electron chi connectivity index (χ3n) is 3.44. The molecule has 0 atom stereocenters. The maximum atomic E-state index is 11.5. The van der Waals surface area contributed by atoms with Gasteiger partial charge in [0.2, 0.25) is 0 Å². The van der Waals surface area contributed by atoms with Crippen molar-refractivity contribution in [1.82, 2.24) is 15.0 Å². The van der Waals surface area contributed by atoms with E-state index in [2.05, 4.69) is 10.3 Å². The van der Waals surface area contributed by atoms with Gasteiger partial charge in [-0.25, -0.2) is 13.1 Å². The number of ether oxygens (including phenoxy) is 1. The second-order valence-electron chi connectivity index (χ2n) is 5.03. The third-order valence-corrected chi connectivity index (χ3v) is 4.57. The van der Waals surface area contributed by atoms with E-state index in [1.165, 1.54) is 6.26 Å². The third kappa shape index (κ3) is 3.09. The Bertz CT molecular complexity index is 914. The molecule has 3 rings (SSSR count). The molecule has 0 amide bonds. The van der Waals surface area contributed by atoms with Crippen LogP contribution in [-0.2, 0) is 9.84 Å². The first kappa shape index (κ1) is 15.2. The lowest BCUT2D eigenvalue weighted by molar-refractivity contribution is 0.415. The molecule has 0 saturated carbocycles. The lowest BCUT2D eigenvalue weighted by Gasteiger charge is -2.08. The van der Waals surface area contributed by atoms with E-state index in [1.807, 2.05) is 24.3 Å². The molecule has 7 heteroatoms. The summed E-state index contributed by atoms with van der Waals surface area (Å²) in [4.78, 5) is 0.271. The lowest BCUT2D eigenvalue weighted by atomic mass is 10.1. The number of hydrogen-bond donors (Lipinski definition) is 0. The number of aromatic nitrogens is 3. The molecule has 0 radical (unpaired) electrons. The van der Waals surface area contributed by atoms with E-state index in [1.54, 1.807) is 42.3 Å². The van der Waals surface area contributed by atoms with E-state index < -0.39 is 9.84 Å². The van der Waals surface area contributed by atoms with Gasteiger partial charge in [0.25, 0.3) is 0 Å². The highest BCUT2D eigenvalue weighted by molar-refractivity contribution is 7.90. The fourth-order valence-corrected chi connectivity index (χ4v) is 2.85. The summed E-state index contributed by atoms with van der Waals surface area (Å²) in [6, 6.07) is 14.1. The molecular weight excluding hydrogens is 314 g/mol. The minimum Gasteiger partial charge on any atom is -0.497 e. The molecule has 0 saturated heterocycles. The molecule has 118 valence electrons. The first-order valence-electron chi connectivity index (χ1n) is 6.84. The van der Waals surface area contributed by atoms with Crippen molar-refractivity contribution in [2.75, 3.05) is 13.4 Å². The van der Waals surface area contributed by atoms with Crippen LogP contribution in [0.15, 0.2) is 59.6 Å². The van der Waals surface area contributed by atoms with Gasteiger partial charge in [0.15, 0.2) is 9.84 Å². The summed E-state index contributed by atoms with van der Waals surface area (Å²) in [7, 11) is -1.60. The molecule has 23 heavy (non-hydrogen) atoms. The molecule has 0 spiro atoms. The first-order valence-corrected chi connectivity index (χ1v) is 8.74. The van der Waals surface area contributed by atoms with E-state index in [0.717, 1.165) is 22.7 Å². The second-order valence-corrected chi connectivity index (χ2v) is 7.04. The van der Waals surface area contributed by atoms with Crippen LogP contribution in [0.3, 0.4) is 0 Å². The van der Waals surface area contributed by atoms with Crippen LogP contribution in [-0.4, -0.2) is 36.8 Å². The van der Waals surface area contributed by atoms with E-state index in [-0.39, 0.29) is 4.90 Å². The Kier molecular flexibility index (Phi) is 3.87. The zero-order valence-corrected chi connectivity index (χ0v) is 13.5. The number of benzene rings is 2. The number of sulfone groups is 1. The first-order chi connectivity index (χ1) is 11.0. The fourth-order valence-electron chi connectivity index (χ4n) is 2.22. The standard InChI is InChI=1S/C16H15N3O3S/c1-22-14-7-3-12(4-8-14)16-11-17-18-19(16)13-5-9-15(10-6-13)23(2,20)21/h3-11H,1-2H3. The Morgan fingerprint density at radius 2 is 1.65 bits per heavy atom. The van der Waals surface area contributed by atoms with Crippen molar-refractivity contribution in [2.45, 2.75) is 4.90 Å². The van der Waals surface area contributed by atoms with Crippen LogP contribution >= 0.6 is 0 Å². The molecule has 6 nitrogen and oxygen atoms in total. The Morgan fingerprint density at radius 1 is 1.00 bits per heavy atom. The highest BCUT2D eigenvalue weighted by Gasteiger charge is 2.11. The zero-order valence-electron chi connectivity index (χ0n) is 12.7. The summed E-state index contributed by atoms with van der Waals surface area (Å²) < 4.78 is 29.9. The minimum absolute atomic E-state index is 0.271. The van der Waals surface area contributed by atoms with Gasteiger partial charge in [0.1, 0.15) is 5.75 Å². The molecule has 1 heterocycles. The maximum Gasteiger partial charge on any atom is 0.175 e. The van der Waals surface area contributed by atoms with Crippen molar-refractivity contribution in [1.29, 1.82) is 0 Å². The van der Waals surface area contributed by atoms with Gasteiger partial charge in [-0.2, -0.15) is 0 Å². The second kappa shape index (κ2) is 5.85. The monoisotopic (exact) mass is 329 g/mol. The summed E-state index contributed by atoms with van der Waals surface area (Å²) in [5, 5.41) is 8.04. The van der Waals surface area contributed by atoms with Crippen molar-refractivity contribution in [3.63, 3.8) is 0 Å². The van der Waals surface area contributed by atoms with Crippen LogP contribution in [0, 0.1) is 0 Å². The summed E-state index contributed by atoms with van der Waals surface area (Å²) in [6.07, 6.45) is 2.84.